The number of amides is 1. The number of morpholine rings is 1. The monoisotopic (exact) mass is 527 g/mol. The van der Waals surface area contributed by atoms with Gasteiger partial charge >= 0.3 is 194 Å². The molecule has 35 heavy (non-hydrogen) atoms. The Hall–Kier alpha value is -3.54. The summed E-state index contributed by atoms with van der Waals surface area (Å²) < 4.78 is 7.64. The molecule has 1 N–H and O–H groups in total. The molecule has 0 aliphatic carbocycles. The molecule has 2 aromatic heterocycles. The van der Waals surface area contributed by atoms with Crippen LogP contribution in [0.15, 0.2) is 85.3 Å². The SMILES string of the molecule is O=C(Cc1cccnc1)Nc1ccc(-c2ccnc([AsH]c3ccc(N4CCOCC4)cc3)n2)cc1. The zero-order valence-electron chi connectivity index (χ0n) is 19.2. The molecule has 3 heterocycles. The molecule has 1 aliphatic heterocycles. The quantitative estimate of drug-likeness (QED) is 0.370. The van der Waals surface area contributed by atoms with Gasteiger partial charge in [-0.1, -0.05) is 0 Å². The van der Waals surface area contributed by atoms with Gasteiger partial charge in [-0.3, -0.25) is 4.98 Å². The molecule has 7 nitrogen and oxygen atoms in total. The number of aromatic nitrogens is 3. The van der Waals surface area contributed by atoms with Crippen LogP contribution in [0, 0.1) is 0 Å². The summed E-state index contributed by atoms with van der Waals surface area (Å²) >= 11 is -0.639. The van der Waals surface area contributed by atoms with Crippen molar-refractivity contribution in [2.75, 3.05) is 36.5 Å². The first kappa shape index (κ1) is 23.2. The molecule has 0 spiro atoms. The van der Waals surface area contributed by atoms with E-state index in [1.54, 1.807) is 12.4 Å². The number of anilines is 2. The summed E-state index contributed by atoms with van der Waals surface area (Å²) in [4.78, 5) is 28.1. The predicted octanol–water partition coefficient (Wildman–Crippen LogP) is 1.94. The Kier molecular flexibility index (Phi) is 7.47. The van der Waals surface area contributed by atoms with Gasteiger partial charge in [0, 0.05) is 6.20 Å². The number of pyridine rings is 1. The number of rotatable bonds is 7. The fourth-order valence-corrected chi connectivity index (χ4v) is 5.81. The van der Waals surface area contributed by atoms with Crippen LogP contribution in [-0.4, -0.2) is 62.9 Å². The van der Waals surface area contributed by atoms with E-state index in [0.717, 1.165) is 53.4 Å². The van der Waals surface area contributed by atoms with Crippen molar-refractivity contribution >= 4 is 42.0 Å². The van der Waals surface area contributed by atoms with Crippen molar-refractivity contribution in [2.24, 2.45) is 0 Å². The van der Waals surface area contributed by atoms with Gasteiger partial charge in [-0.2, -0.15) is 0 Å². The van der Waals surface area contributed by atoms with Gasteiger partial charge in [0.15, 0.2) is 0 Å². The van der Waals surface area contributed by atoms with Crippen molar-refractivity contribution < 1.29 is 9.53 Å². The van der Waals surface area contributed by atoms with E-state index in [4.69, 9.17) is 9.72 Å². The predicted molar refractivity (Wildman–Crippen MR) is 140 cm³/mol. The summed E-state index contributed by atoms with van der Waals surface area (Å²) in [6, 6.07) is 22.2. The zero-order valence-corrected chi connectivity index (χ0v) is 21.3. The number of carbonyl (C=O) groups excluding carboxylic acids is 1. The molecule has 5 rings (SSSR count). The van der Waals surface area contributed by atoms with Crippen LogP contribution in [0.5, 0.6) is 0 Å². The number of nitrogens with zero attached hydrogens (tertiary/aromatic N) is 4. The van der Waals surface area contributed by atoms with Crippen molar-refractivity contribution in [3.05, 3.63) is 90.9 Å². The van der Waals surface area contributed by atoms with Crippen LogP contribution in [0.25, 0.3) is 11.3 Å². The van der Waals surface area contributed by atoms with Gasteiger partial charge in [-0.25, -0.2) is 0 Å². The number of ether oxygens (including phenoxy) is 1. The van der Waals surface area contributed by atoms with Crippen LogP contribution in [0.2, 0.25) is 0 Å². The molecule has 0 radical (unpaired) electrons. The molecule has 1 fully saturated rings. The maximum absolute atomic E-state index is 12.3. The molecule has 1 amide bonds. The zero-order chi connectivity index (χ0) is 23.9. The minimum atomic E-state index is -0.639. The van der Waals surface area contributed by atoms with Crippen molar-refractivity contribution in [3.63, 3.8) is 0 Å². The maximum atomic E-state index is 12.3. The minimum absolute atomic E-state index is 0.0693. The van der Waals surface area contributed by atoms with Gasteiger partial charge in [0.05, 0.1) is 0 Å². The average molecular weight is 527 g/mol. The Balaban J connectivity index is 1.21. The molecule has 8 heteroatoms. The van der Waals surface area contributed by atoms with Crippen molar-refractivity contribution in [1.82, 2.24) is 15.0 Å². The van der Waals surface area contributed by atoms with Gasteiger partial charge in [-0.15, -0.1) is 0 Å². The van der Waals surface area contributed by atoms with Gasteiger partial charge in [-0.05, 0) is 6.07 Å². The molecular formula is C27H26AsN5O2. The second-order valence-electron chi connectivity index (χ2n) is 8.20. The standard InChI is InChI=1S/C27H26AsN5O2/c34-26(18-20-2-1-12-29-19-20)31-23-7-3-21(4-8-23)25-11-13-30-27(32-25)28-22-5-9-24(10-6-22)33-14-16-35-17-15-33/h1-13,19,28H,14-18H2,(H,31,34). The van der Waals surface area contributed by atoms with Crippen molar-refractivity contribution in [1.29, 1.82) is 0 Å². The summed E-state index contributed by atoms with van der Waals surface area (Å²) in [5, 5.41) is 2.94. The average Bonchev–Trinajstić information content (AvgIpc) is 2.91. The second-order valence-corrected chi connectivity index (χ2v) is 10.9. The first-order valence-corrected chi connectivity index (χ1v) is 13.6. The van der Waals surface area contributed by atoms with Gasteiger partial charge in [0.1, 0.15) is 0 Å². The third-order valence-electron chi connectivity index (χ3n) is 5.71. The number of hydrogen-bond donors (Lipinski definition) is 1. The van der Waals surface area contributed by atoms with Crippen molar-refractivity contribution in [3.8, 4) is 11.3 Å². The van der Waals surface area contributed by atoms with Crippen LogP contribution >= 0.6 is 0 Å². The Morgan fingerprint density at radius 2 is 1.77 bits per heavy atom. The van der Waals surface area contributed by atoms with E-state index in [1.807, 2.05) is 48.7 Å². The van der Waals surface area contributed by atoms with E-state index in [9.17, 15) is 4.79 Å². The van der Waals surface area contributed by atoms with Gasteiger partial charge in [0.2, 0.25) is 0 Å². The summed E-state index contributed by atoms with van der Waals surface area (Å²) in [5.41, 5.74) is 4.76. The van der Waals surface area contributed by atoms with Crippen LogP contribution in [0.1, 0.15) is 5.56 Å². The second kappa shape index (κ2) is 11.3. The Morgan fingerprint density at radius 3 is 2.51 bits per heavy atom. The van der Waals surface area contributed by atoms with Crippen LogP contribution in [0.3, 0.4) is 0 Å². The van der Waals surface area contributed by atoms with E-state index in [2.05, 4.69) is 44.5 Å². The number of carbonyl (C=O) groups is 1. The first-order valence-electron chi connectivity index (χ1n) is 11.5. The number of benzene rings is 2. The molecule has 1 unspecified atom stereocenters. The van der Waals surface area contributed by atoms with Gasteiger partial charge < -0.3 is 0 Å². The summed E-state index contributed by atoms with van der Waals surface area (Å²) in [5.74, 6) is -0.0693. The van der Waals surface area contributed by atoms with E-state index < -0.39 is 15.8 Å². The Bertz CT molecular complexity index is 1260. The molecule has 2 aromatic carbocycles. The molecule has 1 atom stereocenters. The fraction of sp³-hybridized carbons (Fsp3) is 0.185. The Morgan fingerprint density at radius 1 is 0.971 bits per heavy atom. The summed E-state index contributed by atoms with van der Waals surface area (Å²) in [6.45, 7) is 3.45. The molecule has 176 valence electrons. The van der Waals surface area contributed by atoms with E-state index >= 15 is 0 Å². The van der Waals surface area contributed by atoms with E-state index in [-0.39, 0.29) is 5.91 Å². The number of nitrogens with one attached hydrogen (secondary N) is 1. The molecule has 4 aromatic rings. The van der Waals surface area contributed by atoms with E-state index in [0.29, 0.717) is 6.42 Å². The van der Waals surface area contributed by atoms with Crippen molar-refractivity contribution in [2.45, 2.75) is 6.42 Å². The number of hydrogen-bond acceptors (Lipinski definition) is 6. The topological polar surface area (TPSA) is 80.2 Å². The molecule has 1 aliphatic rings. The molecule has 1 saturated heterocycles. The normalized spacial score (nSPS) is 13.8. The van der Waals surface area contributed by atoms with Crippen LogP contribution < -0.4 is 19.2 Å². The van der Waals surface area contributed by atoms with Gasteiger partial charge in [0.25, 0.3) is 0 Å². The summed E-state index contributed by atoms with van der Waals surface area (Å²) in [6.07, 6.45) is 5.52. The molecule has 0 saturated carbocycles. The fourth-order valence-electron chi connectivity index (χ4n) is 3.90. The third kappa shape index (κ3) is 6.32. The molecular weight excluding hydrogens is 501 g/mol. The Labute approximate surface area is 211 Å². The van der Waals surface area contributed by atoms with E-state index in [1.165, 1.54) is 10.0 Å². The van der Waals surface area contributed by atoms with Crippen LogP contribution in [0.4, 0.5) is 11.4 Å². The summed E-state index contributed by atoms with van der Waals surface area (Å²) in [7, 11) is 0. The third-order valence-corrected chi connectivity index (χ3v) is 7.99. The first-order chi connectivity index (χ1) is 17.2. The van der Waals surface area contributed by atoms with Crippen LogP contribution in [-0.2, 0) is 16.0 Å². The molecule has 0 bridgehead atoms.